The van der Waals surface area contributed by atoms with E-state index in [1.54, 1.807) is 0 Å². The first-order chi connectivity index (χ1) is 14.1. The molecule has 29 heavy (non-hydrogen) atoms. The van der Waals surface area contributed by atoms with Crippen molar-refractivity contribution in [3.05, 3.63) is 80.7 Å². The van der Waals surface area contributed by atoms with E-state index in [2.05, 4.69) is 77.6 Å². The van der Waals surface area contributed by atoms with Gasteiger partial charge in [-0.1, -0.05) is 45.8 Å². The summed E-state index contributed by atoms with van der Waals surface area (Å²) >= 11 is 3.58. The van der Waals surface area contributed by atoms with Gasteiger partial charge in [-0.05, 0) is 62.4 Å². The predicted molar refractivity (Wildman–Crippen MR) is 119 cm³/mol. The van der Waals surface area contributed by atoms with E-state index in [0.717, 1.165) is 46.8 Å². The van der Waals surface area contributed by atoms with Gasteiger partial charge in [0.2, 0.25) is 0 Å². The number of hydrogen-bond acceptors (Lipinski definition) is 4. The fourth-order valence-corrected chi connectivity index (χ4v) is 4.12. The van der Waals surface area contributed by atoms with Crippen molar-refractivity contribution in [1.82, 2.24) is 19.6 Å². The summed E-state index contributed by atoms with van der Waals surface area (Å²) in [6, 6.07) is 14.8. The molecule has 0 saturated heterocycles. The normalized spacial score (nSPS) is 13.1. The van der Waals surface area contributed by atoms with Crippen LogP contribution >= 0.6 is 15.9 Å². The molecule has 0 amide bonds. The summed E-state index contributed by atoms with van der Waals surface area (Å²) in [6.45, 7) is 4.19. The van der Waals surface area contributed by atoms with E-state index in [1.807, 2.05) is 4.52 Å². The van der Waals surface area contributed by atoms with Gasteiger partial charge in [0.25, 0.3) is 5.78 Å². The monoisotopic (exact) mass is 447 g/mol. The Kier molecular flexibility index (Phi) is 4.59. The first kappa shape index (κ1) is 18.3. The molecule has 0 atom stereocenters. The highest BCUT2D eigenvalue weighted by Crippen LogP contribution is 2.31. The maximum atomic E-state index is 4.82. The van der Waals surface area contributed by atoms with Crippen LogP contribution in [0.5, 0.6) is 0 Å². The molecule has 0 fully saturated rings. The lowest BCUT2D eigenvalue weighted by molar-refractivity contribution is 0.884. The van der Waals surface area contributed by atoms with Gasteiger partial charge in [-0.2, -0.15) is 9.50 Å². The van der Waals surface area contributed by atoms with Crippen LogP contribution in [-0.4, -0.2) is 19.6 Å². The molecule has 1 aliphatic carbocycles. The van der Waals surface area contributed by atoms with Crippen LogP contribution in [-0.2, 0) is 19.3 Å². The first-order valence-corrected chi connectivity index (χ1v) is 10.7. The summed E-state index contributed by atoms with van der Waals surface area (Å²) in [5.74, 6) is 2.45. The lowest BCUT2D eigenvalue weighted by Gasteiger charge is -2.13. The van der Waals surface area contributed by atoms with Gasteiger partial charge in [-0.15, -0.1) is 5.10 Å². The van der Waals surface area contributed by atoms with Crippen LogP contribution in [0.3, 0.4) is 0 Å². The summed E-state index contributed by atoms with van der Waals surface area (Å²) < 4.78 is 2.99. The average Bonchev–Trinajstić information content (AvgIpc) is 3.33. The Morgan fingerprint density at radius 1 is 1.03 bits per heavy atom. The number of halogens is 1. The Hall–Kier alpha value is -2.73. The molecule has 146 valence electrons. The maximum absolute atomic E-state index is 4.82. The molecule has 6 heteroatoms. The number of rotatable bonds is 4. The maximum Gasteiger partial charge on any atom is 0.254 e. The number of fused-ring (bicyclic) bond motifs is 2. The number of aryl methyl sites for hydroxylation is 3. The summed E-state index contributed by atoms with van der Waals surface area (Å²) in [4.78, 5) is 9.54. The molecule has 0 spiro atoms. The Morgan fingerprint density at radius 2 is 1.86 bits per heavy atom. The van der Waals surface area contributed by atoms with E-state index in [1.165, 1.54) is 22.3 Å². The summed E-state index contributed by atoms with van der Waals surface area (Å²) in [5.41, 5.74) is 7.09. The largest absolute Gasteiger partial charge is 0.340 e. The fraction of sp³-hybridized carbons (Fsp3) is 0.261. The van der Waals surface area contributed by atoms with Gasteiger partial charge in [-0.25, -0.2) is 4.98 Å². The number of nitrogens with zero attached hydrogens (tertiary/aromatic N) is 4. The summed E-state index contributed by atoms with van der Waals surface area (Å²) in [7, 11) is 0. The Morgan fingerprint density at radius 3 is 2.66 bits per heavy atom. The third kappa shape index (κ3) is 3.53. The second-order valence-corrected chi connectivity index (χ2v) is 8.58. The molecule has 5 rings (SSSR count). The number of hydrogen-bond donors (Lipinski definition) is 1. The van der Waals surface area contributed by atoms with E-state index in [0.29, 0.717) is 12.2 Å². The minimum Gasteiger partial charge on any atom is -0.340 e. The van der Waals surface area contributed by atoms with Crippen molar-refractivity contribution in [2.24, 2.45) is 0 Å². The quantitative estimate of drug-likeness (QED) is 0.459. The van der Waals surface area contributed by atoms with Gasteiger partial charge in [0.1, 0.15) is 5.82 Å². The van der Waals surface area contributed by atoms with Crippen LogP contribution in [0.15, 0.2) is 46.9 Å². The van der Waals surface area contributed by atoms with Crippen molar-refractivity contribution in [3.63, 3.8) is 0 Å². The highest BCUT2D eigenvalue weighted by molar-refractivity contribution is 9.10. The molecule has 1 aliphatic rings. The molecule has 0 saturated carbocycles. The highest BCUT2D eigenvalue weighted by atomic mass is 79.9. The molecule has 2 aromatic heterocycles. The average molecular weight is 448 g/mol. The van der Waals surface area contributed by atoms with E-state index in [-0.39, 0.29) is 0 Å². The Bertz CT molecular complexity index is 1210. The summed E-state index contributed by atoms with van der Waals surface area (Å²) in [6.07, 6.45) is 3.84. The van der Waals surface area contributed by atoms with Crippen LogP contribution in [0.25, 0.3) is 5.78 Å². The van der Waals surface area contributed by atoms with Gasteiger partial charge in [0.15, 0.2) is 5.82 Å². The van der Waals surface area contributed by atoms with E-state index in [4.69, 9.17) is 15.1 Å². The third-order valence-corrected chi connectivity index (χ3v) is 6.35. The van der Waals surface area contributed by atoms with Crippen LogP contribution in [0.4, 0.5) is 11.5 Å². The van der Waals surface area contributed by atoms with Crippen molar-refractivity contribution in [1.29, 1.82) is 0 Å². The molecule has 0 bridgehead atoms. The van der Waals surface area contributed by atoms with E-state index in [9.17, 15) is 0 Å². The van der Waals surface area contributed by atoms with Gasteiger partial charge in [-0.3, -0.25) is 0 Å². The zero-order valence-corrected chi connectivity index (χ0v) is 18.1. The lowest BCUT2D eigenvalue weighted by atomic mass is 10.1. The van der Waals surface area contributed by atoms with Crippen LogP contribution in [0.1, 0.15) is 40.2 Å². The number of aromatic nitrogens is 4. The lowest BCUT2D eigenvalue weighted by Crippen LogP contribution is -2.07. The number of benzene rings is 2. The standard InChI is InChI=1S/C23H22BrN5/c1-14-6-8-16(9-7-14)13-21-27-23-26-20-5-3-4-18(20)22(29(23)28-21)25-17-10-11-19(24)15(2)12-17/h6-12,25H,3-5,13H2,1-2H3. The third-order valence-electron chi connectivity index (χ3n) is 5.46. The second kappa shape index (κ2) is 7.26. The number of anilines is 2. The molecular formula is C23H22BrN5. The van der Waals surface area contributed by atoms with Crippen molar-refractivity contribution < 1.29 is 0 Å². The molecule has 5 nitrogen and oxygen atoms in total. The van der Waals surface area contributed by atoms with Gasteiger partial charge >= 0.3 is 0 Å². The second-order valence-electron chi connectivity index (χ2n) is 7.73. The molecule has 2 aromatic carbocycles. The molecule has 0 aliphatic heterocycles. The SMILES string of the molecule is Cc1ccc(Cc2nc3nc4c(c(Nc5ccc(Br)c(C)c5)n3n2)CCC4)cc1. The summed E-state index contributed by atoms with van der Waals surface area (Å²) in [5, 5.41) is 8.41. The highest BCUT2D eigenvalue weighted by Gasteiger charge is 2.22. The van der Waals surface area contributed by atoms with Gasteiger partial charge < -0.3 is 5.32 Å². The molecular weight excluding hydrogens is 426 g/mol. The Labute approximate surface area is 178 Å². The van der Waals surface area contributed by atoms with Crippen molar-refractivity contribution in [2.75, 3.05) is 5.32 Å². The van der Waals surface area contributed by atoms with Crippen LogP contribution in [0, 0.1) is 13.8 Å². The van der Waals surface area contributed by atoms with Crippen molar-refractivity contribution in [2.45, 2.75) is 39.5 Å². The molecule has 4 aromatic rings. The molecule has 2 heterocycles. The molecule has 0 radical (unpaired) electrons. The first-order valence-electron chi connectivity index (χ1n) is 9.93. The topological polar surface area (TPSA) is 55.1 Å². The van der Waals surface area contributed by atoms with E-state index < -0.39 is 0 Å². The zero-order chi connectivity index (χ0) is 20.0. The van der Waals surface area contributed by atoms with Gasteiger partial charge in [0.05, 0.1) is 5.69 Å². The minimum atomic E-state index is 0.670. The fourth-order valence-electron chi connectivity index (χ4n) is 3.87. The van der Waals surface area contributed by atoms with E-state index >= 15 is 0 Å². The minimum absolute atomic E-state index is 0.670. The van der Waals surface area contributed by atoms with Crippen molar-refractivity contribution in [3.8, 4) is 0 Å². The molecule has 1 N–H and O–H groups in total. The predicted octanol–water partition coefficient (Wildman–Crippen LogP) is 5.33. The van der Waals surface area contributed by atoms with Crippen LogP contribution in [0.2, 0.25) is 0 Å². The van der Waals surface area contributed by atoms with Crippen LogP contribution < -0.4 is 5.32 Å². The number of nitrogens with one attached hydrogen (secondary N) is 1. The zero-order valence-electron chi connectivity index (χ0n) is 16.5. The Balaban J connectivity index is 1.56. The smallest absolute Gasteiger partial charge is 0.254 e. The van der Waals surface area contributed by atoms with Crippen molar-refractivity contribution >= 4 is 33.2 Å². The van der Waals surface area contributed by atoms with Gasteiger partial charge in [0, 0.05) is 22.1 Å². The molecule has 0 unspecified atom stereocenters.